The second-order valence-corrected chi connectivity index (χ2v) is 4.82. The number of rotatable bonds is 4. The molecular weight excluding hydrogens is 328 g/mol. The van der Waals surface area contributed by atoms with Gasteiger partial charge in [-0.25, -0.2) is 4.79 Å². The van der Waals surface area contributed by atoms with Gasteiger partial charge in [0.05, 0.1) is 26.8 Å². The van der Waals surface area contributed by atoms with Crippen LogP contribution >= 0.6 is 11.6 Å². The summed E-state index contributed by atoms with van der Waals surface area (Å²) in [6, 6.07) is 6.64. The second kappa shape index (κ2) is 6.32. The third-order valence-electron chi connectivity index (χ3n) is 2.90. The largest absolute Gasteiger partial charge is 0.506 e. The quantitative estimate of drug-likeness (QED) is 0.447. The van der Waals surface area contributed by atoms with Crippen LogP contribution in [0.1, 0.15) is 20.7 Å². The van der Waals surface area contributed by atoms with Gasteiger partial charge in [0.15, 0.2) is 0 Å². The molecule has 23 heavy (non-hydrogen) atoms. The third kappa shape index (κ3) is 3.55. The van der Waals surface area contributed by atoms with Gasteiger partial charge in [-0.15, -0.1) is 0 Å². The van der Waals surface area contributed by atoms with Crippen molar-refractivity contribution in [3.63, 3.8) is 0 Å². The van der Waals surface area contributed by atoms with E-state index < -0.39 is 16.8 Å². The van der Waals surface area contributed by atoms with Gasteiger partial charge < -0.3 is 15.5 Å². The molecule has 0 bridgehead atoms. The van der Waals surface area contributed by atoms with E-state index in [1.54, 1.807) is 0 Å². The maximum absolute atomic E-state index is 12.2. The molecule has 0 saturated heterocycles. The van der Waals surface area contributed by atoms with Crippen LogP contribution in [0.2, 0.25) is 5.02 Å². The van der Waals surface area contributed by atoms with E-state index in [1.807, 2.05) is 0 Å². The lowest BCUT2D eigenvalue weighted by Gasteiger charge is -2.09. The first-order chi connectivity index (χ1) is 10.8. The lowest BCUT2D eigenvalue weighted by atomic mass is 10.1. The van der Waals surface area contributed by atoms with Crippen molar-refractivity contribution >= 4 is 34.9 Å². The standard InChI is InChI=1S/C14H9ClN2O6/c15-10-3-2-8(17(22)23)6-9(10)13(19)16-11-5-7(14(20)21)1-4-12(11)18/h1-6,18H,(H,16,19)(H,20,21). The number of non-ortho nitro benzene ring substituents is 1. The number of nitrogens with one attached hydrogen (secondary N) is 1. The number of hydrogen-bond donors (Lipinski definition) is 3. The summed E-state index contributed by atoms with van der Waals surface area (Å²) in [7, 11) is 0. The third-order valence-corrected chi connectivity index (χ3v) is 3.23. The average Bonchev–Trinajstić information content (AvgIpc) is 2.49. The van der Waals surface area contributed by atoms with E-state index in [0.29, 0.717) is 0 Å². The van der Waals surface area contributed by atoms with Crippen molar-refractivity contribution in [3.8, 4) is 5.75 Å². The van der Waals surface area contributed by atoms with Crippen LogP contribution < -0.4 is 5.32 Å². The monoisotopic (exact) mass is 336 g/mol. The van der Waals surface area contributed by atoms with Crippen LogP contribution in [0, 0.1) is 10.1 Å². The van der Waals surface area contributed by atoms with Crippen molar-refractivity contribution in [2.45, 2.75) is 0 Å². The van der Waals surface area contributed by atoms with Gasteiger partial charge in [-0.1, -0.05) is 11.6 Å². The Kier molecular flexibility index (Phi) is 4.47. The molecule has 0 aromatic heterocycles. The van der Waals surface area contributed by atoms with Crippen molar-refractivity contribution in [2.24, 2.45) is 0 Å². The van der Waals surface area contributed by atoms with Crippen LogP contribution in [0.25, 0.3) is 0 Å². The summed E-state index contributed by atoms with van der Waals surface area (Å²) in [5.41, 5.74) is -0.815. The van der Waals surface area contributed by atoms with Crippen molar-refractivity contribution in [1.82, 2.24) is 0 Å². The van der Waals surface area contributed by atoms with E-state index in [2.05, 4.69) is 5.32 Å². The van der Waals surface area contributed by atoms with Crippen LogP contribution in [-0.2, 0) is 0 Å². The van der Waals surface area contributed by atoms with E-state index >= 15 is 0 Å². The molecule has 8 nitrogen and oxygen atoms in total. The molecule has 0 fully saturated rings. The van der Waals surface area contributed by atoms with Gasteiger partial charge >= 0.3 is 5.97 Å². The molecule has 0 radical (unpaired) electrons. The van der Waals surface area contributed by atoms with Gasteiger partial charge in [0, 0.05) is 12.1 Å². The number of carbonyl (C=O) groups excluding carboxylic acids is 1. The molecule has 0 spiro atoms. The molecule has 0 saturated carbocycles. The number of hydrogen-bond acceptors (Lipinski definition) is 5. The van der Waals surface area contributed by atoms with E-state index in [4.69, 9.17) is 16.7 Å². The normalized spacial score (nSPS) is 10.1. The Morgan fingerprint density at radius 3 is 2.48 bits per heavy atom. The molecule has 0 atom stereocenters. The highest BCUT2D eigenvalue weighted by atomic mass is 35.5. The number of amides is 1. The summed E-state index contributed by atoms with van der Waals surface area (Å²) in [4.78, 5) is 33.1. The van der Waals surface area contributed by atoms with Crippen LogP contribution in [0.4, 0.5) is 11.4 Å². The average molecular weight is 337 g/mol. The fourth-order valence-corrected chi connectivity index (χ4v) is 1.96. The minimum absolute atomic E-state index is 0.0259. The van der Waals surface area contributed by atoms with E-state index in [-0.39, 0.29) is 33.3 Å². The van der Waals surface area contributed by atoms with Gasteiger partial charge in [0.25, 0.3) is 11.6 Å². The van der Waals surface area contributed by atoms with Crippen molar-refractivity contribution in [3.05, 3.63) is 62.7 Å². The summed E-state index contributed by atoms with van der Waals surface area (Å²) < 4.78 is 0. The number of halogens is 1. The van der Waals surface area contributed by atoms with E-state index in [1.165, 1.54) is 6.07 Å². The number of carbonyl (C=O) groups is 2. The number of anilines is 1. The Bertz CT molecular complexity index is 821. The zero-order chi connectivity index (χ0) is 17.1. The highest BCUT2D eigenvalue weighted by Gasteiger charge is 2.18. The SMILES string of the molecule is O=C(O)c1ccc(O)c(NC(=O)c2cc([N+](=O)[O-])ccc2Cl)c1. The predicted octanol–water partition coefficient (Wildman–Crippen LogP) is 2.90. The summed E-state index contributed by atoms with van der Waals surface area (Å²) in [5, 5.41) is 31.6. The molecule has 3 N–H and O–H groups in total. The Hall–Kier alpha value is -3.13. The number of aromatic hydroxyl groups is 1. The summed E-state index contributed by atoms with van der Waals surface area (Å²) >= 11 is 5.84. The highest BCUT2D eigenvalue weighted by Crippen LogP contribution is 2.27. The number of aromatic carboxylic acids is 1. The van der Waals surface area contributed by atoms with Crippen LogP contribution in [0.3, 0.4) is 0 Å². The molecule has 1 amide bonds. The number of carboxylic acids is 1. The lowest BCUT2D eigenvalue weighted by Crippen LogP contribution is -2.13. The number of benzene rings is 2. The van der Waals surface area contributed by atoms with E-state index in [0.717, 1.165) is 30.3 Å². The molecule has 2 rings (SSSR count). The molecule has 9 heteroatoms. The Balaban J connectivity index is 2.36. The van der Waals surface area contributed by atoms with Gasteiger partial charge in [0.2, 0.25) is 0 Å². The second-order valence-electron chi connectivity index (χ2n) is 4.41. The molecular formula is C14H9ClN2O6. The molecule has 0 unspecified atom stereocenters. The number of nitrogens with zero attached hydrogens (tertiary/aromatic N) is 1. The smallest absolute Gasteiger partial charge is 0.335 e. The molecule has 118 valence electrons. The fraction of sp³-hybridized carbons (Fsp3) is 0. The van der Waals surface area contributed by atoms with Crippen molar-refractivity contribution in [1.29, 1.82) is 0 Å². The molecule has 2 aromatic carbocycles. The minimum atomic E-state index is -1.24. The van der Waals surface area contributed by atoms with Crippen molar-refractivity contribution in [2.75, 3.05) is 5.32 Å². The first kappa shape index (κ1) is 16.2. The van der Waals surface area contributed by atoms with Crippen LogP contribution in [0.5, 0.6) is 5.75 Å². The number of phenols is 1. The molecule has 0 aliphatic carbocycles. The molecule has 0 heterocycles. The zero-order valence-electron chi connectivity index (χ0n) is 11.3. The minimum Gasteiger partial charge on any atom is -0.506 e. The zero-order valence-corrected chi connectivity index (χ0v) is 12.1. The number of nitro groups is 1. The maximum Gasteiger partial charge on any atom is 0.335 e. The molecule has 0 aliphatic rings. The van der Waals surface area contributed by atoms with Gasteiger partial charge in [-0.3, -0.25) is 14.9 Å². The molecule has 2 aromatic rings. The first-order valence-electron chi connectivity index (χ1n) is 6.11. The van der Waals surface area contributed by atoms with Gasteiger partial charge in [-0.2, -0.15) is 0 Å². The number of carboxylic acid groups (broad SMARTS) is 1. The Morgan fingerprint density at radius 1 is 1.17 bits per heavy atom. The topological polar surface area (TPSA) is 130 Å². The van der Waals surface area contributed by atoms with Crippen molar-refractivity contribution < 1.29 is 24.7 Å². The summed E-state index contributed by atoms with van der Waals surface area (Å²) in [6.45, 7) is 0. The maximum atomic E-state index is 12.2. The lowest BCUT2D eigenvalue weighted by molar-refractivity contribution is -0.384. The van der Waals surface area contributed by atoms with E-state index in [9.17, 15) is 24.8 Å². The van der Waals surface area contributed by atoms with Gasteiger partial charge in [0.1, 0.15) is 5.75 Å². The number of phenolic OH excluding ortho intramolecular Hbond substituents is 1. The Labute approximate surface area is 134 Å². The van der Waals surface area contributed by atoms with Crippen LogP contribution in [0.15, 0.2) is 36.4 Å². The first-order valence-corrected chi connectivity index (χ1v) is 6.49. The highest BCUT2D eigenvalue weighted by molar-refractivity contribution is 6.34. The number of nitro benzene ring substituents is 1. The summed E-state index contributed by atoms with van der Waals surface area (Å²) in [5.74, 6) is -2.42. The summed E-state index contributed by atoms with van der Waals surface area (Å²) in [6.07, 6.45) is 0. The van der Waals surface area contributed by atoms with Gasteiger partial charge in [-0.05, 0) is 24.3 Å². The fourth-order valence-electron chi connectivity index (χ4n) is 1.76. The van der Waals surface area contributed by atoms with Crippen LogP contribution in [-0.4, -0.2) is 27.0 Å². The molecule has 0 aliphatic heterocycles. The predicted molar refractivity (Wildman–Crippen MR) is 81.1 cm³/mol. The Morgan fingerprint density at radius 2 is 1.87 bits per heavy atom.